The highest BCUT2D eigenvalue weighted by Crippen LogP contribution is 2.22. The number of oxime groups is 1. The summed E-state index contributed by atoms with van der Waals surface area (Å²) in [6, 6.07) is 8.63. The molecule has 0 atom stereocenters. The van der Waals surface area contributed by atoms with E-state index < -0.39 is 0 Å². The Bertz CT molecular complexity index is 319. The lowest BCUT2D eigenvalue weighted by Crippen LogP contribution is -2.10. The lowest BCUT2D eigenvalue weighted by Gasteiger charge is -2.19. The predicted molar refractivity (Wildman–Crippen MR) is 63.7 cm³/mol. The Balaban J connectivity index is 2.64. The first-order valence-corrected chi connectivity index (χ1v) is 5.29. The van der Waals surface area contributed by atoms with Gasteiger partial charge in [-0.15, -0.1) is 5.16 Å². The van der Waals surface area contributed by atoms with Gasteiger partial charge in [-0.3, -0.25) is 0 Å². The monoisotopic (exact) mass is 205 g/mol. The van der Waals surface area contributed by atoms with Gasteiger partial charge in [0.25, 0.3) is 0 Å². The molecule has 1 aromatic rings. The smallest absolute Gasteiger partial charge is 0.0439 e. The normalized spacial score (nSPS) is 12.2. The van der Waals surface area contributed by atoms with Crippen LogP contribution in [0.3, 0.4) is 0 Å². The fraction of sp³-hybridized carbons (Fsp3) is 0.462. The average Bonchev–Trinajstić information content (AvgIpc) is 2.18. The molecule has 0 aliphatic heterocycles. The molecule has 2 heteroatoms. The summed E-state index contributed by atoms with van der Waals surface area (Å²) in [5, 5.41) is 11.2. The summed E-state index contributed by atoms with van der Waals surface area (Å²) < 4.78 is 0. The second-order valence-electron chi connectivity index (χ2n) is 4.78. The topological polar surface area (TPSA) is 32.6 Å². The van der Waals surface area contributed by atoms with Crippen LogP contribution in [0.25, 0.3) is 0 Å². The van der Waals surface area contributed by atoms with Gasteiger partial charge in [0.1, 0.15) is 0 Å². The van der Waals surface area contributed by atoms with Gasteiger partial charge in [0.2, 0.25) is 0 Å². The number of hydrogen-bond acceptors (Lipinski definition) is 2. The Hall–Kier alpha value is -1.31. The second kappa shape index (κ2) is 4.96. The van der Waals surface area contributed by atoms with Gasteiger partial charge in [-0.1, -0.05) is 45.0 Å². The third-order valence-corrected chi connectivity index (χ3v) is 2.46. The maximum atomic E-state index is 8.26. The summed E-state index contributed by atoms with van der Waals surface area (Å²) in [6.07, 6.45) is 3.23. The zero-order valence-electron chi connectivity index (χ0n) is 9.70. The maximum absolute atomic E-state index is 8.26. The molecule has 0 spiro atoms. The van der Waals surface area contributed by atoms with Crippen molar-refractivity contribution in [3.8, 4) is 0 Å². The van der Waals surface area contributed by atoms with Gasteiger partial charge >= 0.3 is 0 Å². The van der Waals surface area contributed by atoms with Gasteiger partial charge < -0.3 is 5.21 Å². The molecule has 0 aliphatic carbocycles. The summed E-state index contributed by atoms with van der Waals surface area (Å²) in [7, 11) is 0. The van der Waals surface area contributed by atoms with Crippen molar-refractivity contribution in [1.29, 1.82) is 0 Å². The van der Waals surface area contributed by atoms with Crippen molar-refractivity contribution in [3.63, 3.8) is 0 Å². The van der Waals surface area contributed by atoms with E-state index >= 15 is 0 Å². The van der Waals surface area contributed by atoms with E-state index in [1.165, 1.54) is 17.3 Å². The molecule has 0 fully saturated rings. The van der Waals surface area contributed by atoms with E-state index in [0.717, 1.165) is 12.8 Å². The van der Waals surface area contributed by atoms with Gasteiger partial charge in [0.15, 0.2) is 0 Å². The number of hydrogen-bond donors (Lipinski definition) is 1. The quantitative estimate of drug-likeness (QED) is 0.458. The Morgan fingerprint density at radius 2 is 1.80 bits per heavy atom. The molecule has 0 radical (unpaired) electrons. The van der Waals surface area contributed by atoms with Crippen LogP contribution in [0.15, 0.2) is 29.4 Å². The lowest BCUT2D eigenvalue weighted by molar-refractivity contribution is 0.320. The van der Waals surface area contributed by atoms with E-state index in [0.29, 0.717) is 0 Å². The summed E-state index contributed by atoms with van der Waals surface area (Å²) in [5.41, 5.74) is 2.84. The highest BCUT2D eigenvalue weighted by atomic mass is 16.4. The third-order valence-electron chi connectivity index (χ3n) is 2.46. The first-order valence-electron chi connectivity index (χ1n) is 5.29. The fourth-order valence-electron chi connectivity index (χ4n) is 1.46. The fourth-order valence-corrected chi connectivity index (χ4v) is 1.46. The molecular weight excluding hydrogens is 186 g/mol. The Labute approximate surface area is 91.6 Å². The molecule has 0 bridgehead atoms. The van der Waals surface area contributed by atoms with E-state index in [-0.39, 0.29) is 5.41 Å². The molecule has 1 rings (SSSR count). The average molecular weight is 205 g/mol. The van der Waals surface area contributed by atoms with Gasteiger partial charge in [0.05, 0.1) is 0 Å². The molecule has 1 aromatic carbocycles. The van der Waals surface area contributed by atoms with Crippen LogP contribution in [0, 0.1) is 0 Å². The van der Waals surface area contributed by atoms with Gasteiger partial charge in [0, 0.05) is 6.21 Å². The number of nitrogens with zero attached hydrogens (tertiary/aromatic N) is 1. The Morgan fingerprint density at radius 1 is 1.20 bits per heavy atom. The molecule has 1 N–H and O–H groups in total. The third kappa shape index (κ3) is 3.74. The van der Waals surface area contributed by atoms with E-state index in [1.807, 2.05) is 0 Å². The minimum Gasteiger partial charge on any atom is -0.411 e. The van der Waals surface area contributed by atoms with E-state index in [4.69, 9.17) is 5.21 Å². The molecule has 2 nitrogen and oxygen atoms in total. The van der Waals surface area contributed by atoms with Crippen LogP contribution in [0.2, 0.25) is 0 Å². The van der Waals surface area contributed by atoms with E-state index in [1.54, 1.807) is 0 Å². The summed E-state index contributed by atoms with van der Waals surface area (Å²) in [4.78, 5) is 0. The highest BCUT2D eigenvalue weighted by Gasteiger charge is 2.12. The molecular formula is C13H19NO. The van der Waals surface area contributed by atoms with E-state index in [9.17, 15) is 0 Å². The molecule has 0 amide bonds. The molecule has 0 saturated carbocycles. The first-order chi connectivity index (χ1) is 7.04. The zero-order valence-corrected chi connectivity index (χ0v) is 9.70. The van der Waals surface area contributed by atoms with Gasteiger partial charge in [-0.25, -0.2) is 0 Å². The molecule has 0 heterocycles. The van der Waals surface area contributed by atoms with Gasteiger partial charge in [-0.05, 0) is 29.4 Å². The van der Waals surface area contributed by atoms with Crippen LogP contribution in [-0.2, 0) is 11.8 Å². The van der Waals surface area contributed by atoms with Crippen molar-refractivity contribution in [2.75, 3.05) is 0 Å². The summed E-state index contributed by atoms with van der Waals surface area (Å²) in [6.45, 7) is 6.63. The number of rotatable bonds is 3. The summed E-state index contributed by atoms with van der Waals surface area (Å²) in [5.74, 6) is 0. The van der Waals surface area contributed by atoms with Crippen molar-refractivity contribution in [2.45, 2.75) is 39.0 Å². The number of benzene rings is 1. The van der Waals surface area contributed by atoms with Crippen LogP contribution in [0.4, 0.5) is 0 Å². The van der Waals surface area contributed by atoms with Crippen LogP contribution in [0.5, 0.6) is 0 Å². The minimum atomic E-state index is 0.213. The number of aryl methyl sites for hydroxylation is 1. The standard InChI is InChI=1S/C13H19NO/c1-13(2,3)12-8-6-11(7-9-12)5-4-10-14-15/h6-10,15H,4-5H2,1-3H3. The van der Waals surface area contributed by atoms with Crippen molar-refractivity contribution in [1.82, 2.24) is 0 Å². The molecule has 0 unspecified atom stereocenters. The van der Waals surface area contributed by atoms with Crippen molar-refractivity contribution in [3.05, 3.63) is 35.4 Å². The van der Waals surface area contributed by atoms with Crippen LogP contribution >= 0.6 is 0 Å². The van der Waals surface area contributed by atoms with Crippen LogP contribution < -0.4 is 0 Å². The Morgan fingerprint density at radius 3 is 2.27 bits per heavy atom. The highest BCUT2D eigenvalue weighted by molar-refractivity contribution is 5.56. The summed E-state index contributed by atoms with van der Waals surface area (Å²) >= 11 is 0. The van der Waals surface area contributed by atoms with E-state index in [2.05, 4.69) is 50.2 Å². The molecule has 82 valence electrons. The van der Waals surface area contributed by atoms with Crippen molar-refractivity contribution < 1.29 is 5.21 Å². The lowest BCUT2D eigenvalue weighted by atomic mass is 9.86. The van der Waals surface area contributed by atoms with Crippen molar-refractivity contribution >= 4 is 6.21 Å². The molecule has 0 aliphatic rings. The SMILES string of the molecule is CC(C)(C)c1ccc(CCC=NO)cc1. The predicted octanol–water partition coefficient (Wildman–Crippen LogP) is 3.38. The minimum absolute atomic E-state index is 0.213. The first kappa shape index (κ1) is 11.8. The molecule has 0 saturated heterocycles. The van der Waals surface area contributed by atoms with Crippen molar-refractivity contribution in [2.24, 2.45) is 5.16 Å². The zero-order chi connectivity index (χ0) is 11.3. The maximum Gasteiger partial charge on any atom is 0.0439 e. The van der Waals surface area contributed by atoms with Gasteiger partial charge in [-0.2, -0.15) is 0 Å². The Kier molecular flexibility index (Phi) is 3.89. The molecule has 0 aromatic heterocycles. The van der Waals surface area contributed by atoms with Crippen LogP contribution in [0.1, 0.15) is 38.3 Å². The molecule has 15 heavy (non-hydrogen) atoms. The van der Waals surface area contributed by atoms with Crippen LogP contribution in [-0.4, -0.2) is 11.4 Å². The second-order valence-corrected chi connectivity index (χ2v) is 4.78. The largest absolute Gasteiger partial charge is 0.411 e.